The van der Waals surface area contributed by atoms with E-state index in [1.54, 1.807) is 0 Å². The summed E-state index contributed by atoms with van der Waals surface area (Å²) in [7, 11) is 1.84. The third-order valence-electron chi connectivity index (χ3n) is 21.1. The van der Waals surface area contributed by atoms with Crippen molar-refractivity contribution in [3.05, 3.63) is 0 Å². The van der Waals surface area contributed by atoms with Crippen LogP contribution in [-0.2, 0) is 4.74 Å². The van der Waals surface area contributed by atoms with Crippen LogP contribution in [-0.4, -0.2) is 122 Å². The second kappa shape index (κ2) is 35.5. The zero-order chi connectivity index (χ0) is 62.4. The van der Waals surface area contributed by atoms with Crippen molar-refractivity contribution < 1.29 is 66.2 Å². The first-order chi connectivity index (χ1) is 40.1. The molecule has 21 heteroatoms. The summed E-state index contributed by atoms with van der Waals surface area (Å²) >= 11 is 0. The molecule has 0 amide bonds. The van der Waals surface area contributed by atoms with Crippen molar-refractivity contribution in [2.75, 3.05) is 79.2 Å². The highest BCUT2D eigenvalue weighted by Crippen LogP contribution is 2.68. The van der Waals surface area contributed by atoms with Crippen molar-refractivity contribution >= 4 is 0 Å². The molecule has 7 nitrogen and oxygen atoms in total. The summed E-state index contributed by atoms with van der Waals surface area (Å²) in [5, 5.41) is 19.8. The summed E-state index contributed by atoms with van der Waals surface area (Å²) < 4.78 is 179. The number of hydrogen-bond acceptors (Lipinski definition) is 7. The average Bonchev–Trinajstić information content (AvgIpc) is 2.35. The summed E-state index contributed by atoms with van der Waals surface area (Å²) in [6, 6.07) is 1.32. The predicted molar refractivity (Wildman–Crippen MR) is 311 cm³/mol. The summed E-state index contributed by atoms with van der Waals surface area (Å²) in [6.07, 6.45) is 8.13. The standard InChI is InChI=1S/C12H20F3N.C11H18F3N.C11H19F2N.C11H21NO.C10H18F3N.C9H16F3N/c13-12(14,15)10-6-4-9(5-7-10)8-16-11-2-1-3-11;12-11(13,14)9-3-1-8(2-4-9)7-15-10-5-6-10;1-2-14-7-9-3-5-10(6-4-9)8-11(10,12)13;1-2-12-7-10-3-5-11(6-4-10)8-13-9-11;1-2-14-7-8-3-5-9(6-4-8)10(11,12)13;1-13-6-7-2-4-8(5-3-7)9(10,11)12/h9-11,16H,1-8H2;8-10,15H,1-7H2;9,14H,2-8H2,1H3;10,12H,2-9H2,1H3;8-9,14H,2-7H2,1H3;7-8,13H,2-6H2,1H3. The Morgan fingerprint density at radius 1 is 0.365 bits per heavy atom. The number of halogens is 14. The lowest BCUT2D eigenvalue weighted by atomic mass is 9.69. The van der Waals surface area contributed by atoms with E-state index in [-0.39, 0.29) is 6.42 Å². The topological polar surface area (TPSA) is 81.4 Å². The summed E-state index contributed by atoms with van der Waals surface area (Å²) in [4.78, 5) is 0. The fourth-order valence-corrected chi connectivity index (χ4v) is 14.2. The molecule has 0 unspecified atom stereocenters. The van der Waals surface area contributed by atoms with Crippen molar-refractivity contribution in [2.24, 2.45) is 70.0 Å². The van der Waals surface area contributed by atoms with Crippen LogP contribution in [0.1, 0.15) is 213 Å². The summed E-state index contributed by atoms with van der Waals surface area (Å²) in [6.45, 7) is 17.2. The van der Waals surface area contributed by atoms with Crippen LogP contribution in [0, 0.1) is 70.0 Å². The van der Waals surface area contributed by atoms with Gasteiger partial charge in [-0.25, -0.2) is 8.78 Å². The van der Waals surface area contributed by atoms with Crippen LogP contribution >= 0.6 is 0 Å². The van der Waals surface area contributed by atoms with Crippen molar-refractivity contribution in [3.8, 4) is 0 Å². The number of rotatable bonds is 17. The highest BCUT2D eigenvalue weighted by molar-refractivity contribution is 5.11. The minimum Gasteiger partial charge on any atom is -0.380 e. The number of nitrogens with one attached hydrogen (secondary N) is 6. The molecule has 0 bridgehead atoms. The lowest BCUT2D eigenvalue weighted by Gasteiger charge is -2.46. The van der Waals surface area contributed by atoms with Gasteiger partial charge in [-0.2, -0.15) is 52.7 Å². The van der Waals surface area contributed by atoms with E-state index < -0.39 is 59.7 Å². The van der Waals surface area contributed by atoms with Crippen LogP contribution in [0.3, 0.4) is 0 Å². The van der Waals surface area contributed by atoms with Gasteiger partial charge in [-0.15, -0.1) is 0 Å². The molecule has 0 aromatic heterocycles. The van der Waals surface area contributed by atoms with Crippen LogP contribution < -0.4 is 31.9 Å². The highest BCUT2D eigenvalue weighted by Gasteiger charge is 2.70. The molecule has 10 fully saturated rings. The van der Waals surface area contributed by atoms with Gasteiger partial charge in [-0.3, -0.25) is 0 Å². The van der Waals surface area contributed by atoms with Crippen LogP contribution in [0.4, 0.5) is 61.5 Å². The molecule has 502 valence electrons. The number of hydrogen-bond donors (Lipinski definition) is 6. The third-order valence-corrected chi connectivity index (χ3v) is 21.1. The third kappa shape index (κ3) is 26.8. The van der Waals surface area contributed by atoms with Gasteiger partial charge in [0, 0.05) is 29.3 Å². The Hall–Kier alpha value is -1.26. The molecule has 10 aliphatic rings. The Morgan fingerprint density at radius 2 is 0.647 bits per heavy atom. The first kappa shape index (κ1) is 74.5. The normalized spacial score (nSPS) is 31.1. The monoisotopic (exact) mass is 1250 g/mol. The summed E-state index contributed by atoms with van der Waals surface area (Å²) in [5.41, 5.74) is 0.0679. The first-order valence-electron chi connectivity index (χ1n) is 33.6. The Kier molecular flexibility index (Phi) is 31.1. The van der Waals surface area contributed by atoms with E-state index in [4.69, 9.17) is 4.74 Å². The first-order valence-corrected chi connectivity index (χ1v) is 33.6. The maximum absolute atomic E-state index is 13.0. The fourth-order valence-electron chi connectivity index (χ4n) is 14.2. The SMILES string of the molecule is CCNCC1CCC(C(F)(F)F)CC1.CCNCC1CCC2(CC1)CC2(F)F.CCNCC1CCC2(CC1)COC2.CNCC1CCC(C(F)(F)F)CC1.FC(F)(F)C1CCC(CNC2CC2)CC1.FC(F)(F)C1CCC(CNC2CCC2)CC1. The van der Waals surface area contributed by atoms with Crippen molar-refractivity contribution in [1.29, 1.82) is 0 Å². The summed E-state index contributed by atoms with van der Waals surface area (Å²) in [5.74, 6) is -3.05. The molecule has 2 spiro atoms. The quantitative estimate of drug-likeness (QED) is 0.0810. The van der Waals surface area contributed by atoms with Gasteiger partial charge in [-0.05, 0) is 281 Å². The minimum atomic E-state index is -3.97. The molecule has 1 saturated heterocycles. The van der Waals surface area contributed by atoms with Crippen molar-refractivity contribution in [1.82, 2.24) is 31.9 Å². The highest BCUT2D eigenvalue weighted by atomic mass is 19.4. The molecule has 1 aliphatic heterocycles. The minimum absolute atomic E-state index is 0.161. The van der Waals surface area contributed by atoms with E-state index in [1.165, 1.54) is 64.3 Å². The van der Waals surface area contributed by atoms with E-state index in [9.17, 15) is 61.5 Å². The van der Waals surface area contributed by atoms with Gasteiger partial charge in [0.1, 0.15) is 0 Å². The molecule has 9 saturated carbocycles. The smallest absolute Gasteiger partial charge is 0.380 e. The zero-order valence-electron chi connectivity index (χ0n) is 52.1. The van der Waals surface area contributed by atoms with Gasteiger partial charge >= 0.3 is 24.7 Å². The van der Waals surface area contributed by atoms with Crippen LogP contribution in [0.5, 0.6) is 0 Å². The predicted octanol–water partition coefficient (Wildman–Crippen LogP) is 16.8. The van der Waals surface area contributed by atoms with Gasteiger partial charge in [0.2, 0.25) is 0 Å². The maximum atomic E-state index is 13.0. The van der Waals surface area contributed by atoms with Crippen molar-refractivity contribution in [2.45, 2.75) is 256 Å². The van der Waals surface area contributed by atoms with E-state index in [0.29, 0.717) is 111 Å². The molecule has 9 aliphatic carbocycles. The zero-order valence-corrected chi connectivity index (χ0v) is 52.1. The molecule has 0 aromatic carbocycles. The van der Waals surface area contributed by atoms with Crippen LogP contribution in [0.2, 0.25) is 0 Å². The Labute approximate surface area is 501 Å². The van der Waals surface area contributed by atoms with Crippen LogP contribution in [0.25, 0.3) is 0 Å². The molecule has 10 rings (SSSR count). The maximum Gasteiger partial charge on any atom is 0.391 e. The fraction of sp³-hybridized carbons (Fsp3) is 1.00. The van der Waals surface area contributed by atoms with Crippen LogP contribution in [0.15, 0.2) is 0 Å². The van der Waals surface area contributed by atoms with Gasteiger partial charge in [-0.1, -0.05) is 27.2 Å². The molecular formula is C64H112F14N6O. The second-order valence-corrected chi connectivity index (χ2v) is 27.8. The Morgan fingerprint density at radius 3 is 0.882 bits per heavy atom. The van der Waals surface area contributed by atoms with Gasteiger partial charge in [0.25, 0.3) is 5.92 Å². The second-order valence-electron chi connectivity index (χ2n) is 27.8. The molecule has 1 heterocycles. The molecule has 0 radical (unpaired) electrons. The van der Waals surface area contributed by atoms with Gasteiger partial charge in [0.05, 0.1) is 36.9 Å². The molecular weight excluding hydrogens is 1130 g/mol. The lowest BCUT2D eigenvalue weighted by Crippen LogP contribution is -2.46. The molecule has 0 atom stereocenters. The van der Waals surface area contributed by atoms with Gasteiger partial charge < -0.3 is 36.6 Å². The average molecular weight is 1250 g/mol. The lowest BCUT2D eigenvalue weighted by molar-refractivity contribution is -0.184. The van der Waals surface area contributed by atoms with E-state index in [0.717, 1.165) is 136 Å². The number of ether oxygens (including phenoxy) is 1. The Balaban J connectivity index is 0.000000187. The van der Waals surface area contributed by atoms with E-state index in [1.807, 2.05) is 14.0 Å². The Bertz CT molecular complexity index is 1740. The number of alkyl halides is 14. The molecule has 85 heavy (non-hydrogen) atoms. The molecule has 6 N–H and O–H groups in total. The van der Waals surface area contributed by atoms with E-state index in [2.05, 4.69) is 45.7 Å². The van der Waals surface area contributed by atoms with E-state index >= 15 is 0 Å². The van der Waals surface area contributed by atoms with Crippen molar-refractivity contribution in [3.63, 3.8) is 0 Å². The largest absolute Gasteiger partial charge is 0.391 e. The van der Waals surface area contributed by atoms with Gasteiger partial charge in [0.15, 0.2) is 0 Å². The molecule has 0 aromatic rings.